The van der Waals surface area contributed by atoms with Gasteiger partial charge in [-0.25, -0.2) is 4.79 Å². The zero-order chi connectivity index (χ0) is 13.8. The predicted octanol–water partition coefficient (Wildman–Crippen LogP) is 1.44. The number of carbonyl (C=O) groups excluding carboxylic acids is 1. The van der Waals surface area contributed by atoms with Gasteiger partial charge in [0.2, 0.25) is 5.91 Å². The molecular weight excluding hydrogens is 244 g/mol. The van der Waals surface area contributed by atoms with Crippen LogP contribution in [0.15, 0.2) is 24.3 Å². The van der Waals surface area contributed by atoms with Crippen molar-refractivity contribution >= 4 is 17.6 Å². The Balaban J connectivity index is 2.09. The van der Waals surface area contributed by atoms with Crippen LogP contribution in [0.4, 0.5) is 5.69 Å². The van der Waals surface area contributed by atoms with E-state index in [2.05, 4.69) is 0 Å². The molecule has 1 aliphatic rings. The van der Waals surface area contributed by atoms with Crippen LogP contribution in [0.3, 0.4) is 0 Å². The molecular formula is C14H18N2O3. The van der Waals surface area contributed by atoms with Gasteiger partial charge in [0, 0.05) is 20.1 Å². The maximum atomic E-state index is 12.0. The van der Waals surface area contributed by atoms with Gasteiger partial charge >= 0.3 is 5.97 Å². The van der Waals surface area contributed by atoms with Crippen LogP contribution < -0.4 is 4.90 Å². The summed E-state index contributed by atoms with van der Waals surface area (Å²) in [4.78, 5) is 26.7. The van der Waals surface area contributed by atoms with Gasteiger partial charge in [0.25, 0.3) is 0 Å². The standard InChI is InChI=1S/C14H18N2O3/c1-15(10-13(17)16-8-4-5-9-16)12-7-3-2-6-11(12)14(18)19/h2-3,6-7H,4-5,8-10H2,1H3,(H,18,19). The third-order valence-electron chi connectivity index (χ3n) is 3.38. The topological polar surface area (TPSA) is 60.9 Å². The largest absolute Gasteiger partial charge is 0.478 e. The van der Waals surface area contributed by atoms with Crippen LogP contribution in [-0.4, -0.2) is 48.6 Å². The minimum atomic E-state index is -0.976. The van der Waals surface area contributed by atoms with Gasteiger partial charge < -0.3 is 14.9 Å². The number of anilines is 1. The van der Waals surface area contributed by atoms with Crippen molar-refractivity contribution in [2.75, 3.05) is 31.6 Å². The Morgan fingerprint density at radius 2 is 1.89 bits per heavy atom. The normalized spacial score (nSPS) is 14.5. The third kappa shape index (κ3) is 3.05. The lowest BCUT2D eigenvalue weighted by Gasteiger charge is -2.23. The number of para-hydroxylation sites is 1. The molecule has 1 fully saturated rings. The van der Waals surface area contributed by atoms with Crippen LogP contribution >= 0.6 is 0 Å². The molecule has 1 amide bonds. The number of hydrogen-bond donors (Lipinski definition) is 1. The van der Waals surface area contributed by atoms with E-state index in [1.54, 1.807) is 36.2 Å². The predicted molar refractivity (Wildman–Crippen MR) is 72.5 cm³/mol. The number of aromatic carboxylic acids is 1. The van der Waals surface area contributed by atoms with Crippen LogP contribution in [0, 0.1) is 0 Å². The van der Waals surface area contributed by atoms with E-state index in [9.17, 15) is 9.59 Å². The second-order valence-corrected chi connectivity index (χ2v) is 4.77. The number of benzene rings is 1. The Bertz CT molecular complexity index is 481. The molecule has 0 spiro atoms. The van der Waals surface area contributed by atoms with Gasteiger partial charge in [-0.05, 0) is 25.0 Å². The summed E-state index contributed by atoms with van der Waals surface area (Å²) in [6, 6.07) is 6.73. The van der Waals surface area contributed by atoms with Gasteiger partial charge in [0.05, 0.1) is 17.8 Å². The molecule has 1 aliphatic heterocycles. The molecule has 19 heavy (non-hydrogen) atoms. The molecule has 5 nitrogen and oxygen atoms in total. The lowest BCUT2D eigenvalue weighted by Crippen LogP contribution is -2.37. The molecule has 1 saturated heterocycles. The fraction of sp³-hybridized carbons (Fsp3) is 0.429. The summed E-state index contributed by atoms with van der Waals surface area (Å²) in [6.45, 7) is 1.84. The number of likely N-dealkylation sites (tertiary alicyclic amines) is 1. The number of carbonyl (C=O) groups is 2. The van der Waals surface area contributed by atoms with Crippen LogP contribution in [0.25, 0.3) is 0 Å². The van der Waals surface area contributed by atoms with Gasteiger partial charge in [0.1, 0.15) is 0 Å². The van der Waals surface area contributed by atoms with E-state index in [4.69, 9.17) is 5.11 Å². The fourth-order valence-electron chi connectivity index (χ4n) is 2.34. The van der Waals surface area contributed by atoms with Crippen molar-refractivity contribution in [3.63, 3.8) is 0 Å². The number of carboxylic acid groups (broad SMARTS) is 1. The molecule has 1 N–H and O–H groups in total. The van der Waals surface area contributed by atoms with Crippen LogP contribution in [0.2, 0.25) is 0 Å². The lowest BCUT2D eigenvalue weighted by molar-refractivity contribution is -0.128. The van der Waals surface area contributed by atoms with Crippen molar-refractivity contribution in [3.05, 3.63) is 29.8 Å². The van der Waals surface area contributed by atoms with E-state index in [0.717, 1.165) is 25.9 Å². The minimum Gasteiger partial charge on any atom is -0.478 e. The van der Waals surface area contributed by atoms with Crippen molar-refractivity contribution in [1.82, 2.24) is 4.90 Å². The molecule has 102 valence electrons. The van der Waals surface area contributed by atoms with E-state index in [1.165, 1.54) is 0 Å². The van der Waals surface area contributed by atoms with Crippen molar-refractivity contribution < 1.29 is 14.7 Å². The Hall–Kier alpha value is -2.04. The molecule has 1 heterocycles. The second-order valence-electron chi connectivity index (χ2n) is 4.77. The van der Waals surface area contributed by atoms with Crippen LogP contribution in [-0.2, 0) is 4.79 Å². The number of rotatable bonds is 4. The van der Waals surface area contributed by atoms with Crippen molar-refractivity contribution in [3.8, 4) is 0 Å². The summed E-state index contributed by atoms with van der Waals surface area (Å²) in [5, 5.41) is 9.14. The average molecular weight is 262 g/mol. The summed E-state index contributed by atoms with van der Waals surface area (Å²) < 4.78 is 0. The molecule has 5 heteroatoms. The Morgan fingerprint density at radius 3 is 2.53 bits per heavy atom. The Morgan fingerprint density at radius 1 is 1.26 bits per heavy atom. The first kappa shape index (κ1) is 13.4. The molecule has 0 aliphatic carbocycles. The number of amides is 1. The number of hydrogen-bond acceptors (Lipinski definition) is 3. The Labute approximate surface area is 112 Å². The Kier molecular flexibility index (Phi) is 4.04. The van der Waals surface area contributed by atoms with Gasteiger partial charge in [-0.1, -0.05) is 12.1 Å². The van der Waals surface area contributed by atoms with E-state index in [1.807, 2.05) is 4.90 Å². The maximum Gasteiger partial charge on any atom is 0.337 e. The molecule has 0 atom stereocenters. The summed E-state index contributed by atoms with van der Waals surface area (Å²) in [5.74, 6) is -0.920. The minimum absolute atomic E-state index is 0.0557. The SMILES string of the molecule is CN(CC(=O)N1CCCC1)c1ccccc1C(=O)O. The highest BCUT2D eigenvalue weighted by molar-refractivity contribution is 5.95. The lowest BCUT2D eigenvalue weighted by atomic mass is 10.1. The van der Waals surface area contributed by atoms with E-state index in [0.29, 0.717) is 5.69 Å². The summed E-state index contributed by atoms with van der Waals surface area (Å²) in [6.07, 6.45) is 2.11. The first-order chi connectivity index (χ1) is 9.09. The number of likely N-dealkylation sites (N-methyl/N-ethyl adjacent to an activating group) is 1. The molecule has 0 radical (unpaired) electrons. The number of carboxylic acids is 1. The van der Waals surface area contributed by atoms with E-state index in [-0.39, 0.29) is 18.0 Å². The molecule has 0 unspecified atom stereocenters. The molecule has 0 aromatic heterocycles. The highest BCUT2D eigenvalue weighted by atomic mass is 16.4. The molecule has 1 aromatic carbocycles. The smallest absolute Gasteiger partial charge is 0.337 e. The quantitative estimate of drug-likeness (QED) is 0.892. The number of nitrogens with zero attached hydrogens (tertiary/aromatic N) is 2. The van der Waals surface area contributed by atoms with E-state index >= 15 is 0 Å². The monoisotopic (exact) mass is 262 g/mol. The summed E-state index contributed by atoms with van der Waals surface area (Å²) in [5.41, 5.74) is 0.793. The van der Waals surface area contributed by atoms with Gasteiger partial charge in [-0.2, -0.15) is 0 Å². The molecule has 0 bridgehead atoms. The fourth-order valence-corrected chi connectivity index (χ4v) is 2.34. The zero-order valence-electron chi connectivity index (χ0n) is 11.0. The first-order valence-corrected chi connectivity index (χ1v) is 6.41. The molecule has 1 aromatic rings. The van der Waals surface area contributed by atoms with Crippen molar-refractivity contribution in [2.45, 2.75) is 12.8 Å². The van der Waals surface area contributed by atoms with Crippen LogP contribution in [0.5, 0.6) is 0 Å². The van der Waals surface area contributed by atoms with Gasteiger partial charge in [-0.15, -0.1) is 0 Å². The zero-order valence-corrected chi connectivity index (χ0v) is 11.0. The van der Waals surface area contributed by atoms with Crippen molar-refractivity contribution in [2.24, 2.45) is 0 Å². The second kappa shape index (κ2) is 5.73. The maximum absolute atomic E-state index is 12.0. The highest BCUT2D eigenvalue weighted by Gasteiger charge is 2.21. The highest BCUT2D eigenvalue weighted by Crippen LogP contribution is 2.19. The molecule has 0 saturated carbocycles. The van der Waals surface area contributed by atoms with Gasteiger partial charge in [0.15, 0.2) is 0 Å². The third-order valence-corrected chi connectivity index (χ3v) is 3.38. The average Bonchev–Trinajstić information content (AvgIpc) is 2.92. The van der Waals surface area contributed by atoms with Gasteiger partial charge in [-0.3, -0.25) is 4.79 Å². The summed E-state index contributed by atoms with van der Waals surface area (Å²) >= 11 is 0. The molecule has 2 rings (SSSR count). The van der Waals surface area contributed by atoms with Crippen LogP contribution in [0.1, 0.15) is 23.2 Å². The van der Waals surface area contributed by atoms with E-state index < -0.39 is 5.97 Å². The first-order valence-electron chi connectivity index (χ1n) is 6.41. The van der Waals surface area contributed by atoms with Crippen molar-refractivity contribution in [1.29, 1.82) is 0 Å². The summed E-state index contributed by atoms with van der Waals surface area (Å²) in [7, 11) is 1.75.